The molecule has 3 heterocycles. The van der Waals surface area contributed by atoms with Crippen LogP contribution in [0.15, 0.2) is 53.6 Å². The van der Waals surface area contributed by atoms with Gasteiger partial charge in [0, 0.05) is 30.6 Å². The van der Waals surface area contributed by atoms with E-state index < -0.39 is 5.60 Å². The SMILES string of the molecule is CNC1CCc2cc(-c3snc4c(=O)n(CC5(O)CCN(C(=O)CC(c6ccccc6)C6CC6)CC5)cnc34)cc(Cl)c21. The van der Waals surface area contributed by atoms with E-state index in [0.29, 0.717) is 49.3 Å². The number of hydrogen-bond acceptors (Lipinski definition) is 7. The Labute approximate surface area is 259 Å². The number of rotatable bonds is 8. The second-order valence-corrected chi connectivity index (χ2v) is 13.6. The van der Waals surface area contributed by atoms with Crippen molar-refractivity contribution >= 4 is 40.1 Å². The number of carbonyl (C=O) groups is 1. The van der Waals surface area contributed by atoms with Gasteiger partial charge in [0.25, 0.3) is 5.56 Å². The summed E-state index contributed by atoms with van der Waals surface area (Å²) in [4.78, 5) is 34.1. The highest BCUT2D eigenvalue weighted by Crippen LogP contribution is 2.45. The van der Waals surface area contributed by atoms with Gasteiger partial charge in [0.1, 0.15) is 5.52 Å². The fraction of sp³-hybridized carbons (Fsp3) is 0.455. The van der Waals surface area contributed by atoms with Crippen molar-refractivity contribution in [3.8, 4) is 10.4 Å². The van der Waals surface area contributed by atoms with Gasteiger partial charge in [-0.25, -0.2) is 4.98 Å². The molecule has 2 aromatic carbocycles. The highest BCUT2D eigenvalue weighted by molar-refractivity contribution is 7.11. The van der Waals surface area contributed by atoms with Crippen LogP contribution in [-0.2, 0) is 17.8 Å². The summed E-state index contributed by atoms with van der Waals surface area (Å²) in [5.74, 6) is 0.983. The molecule has 1 aliphatic heterocycles. The highest BCUT2D eigenvalue weighted by Gasteiger charge is 2.38. The smallest absolute Gasteiger partial charge is 0.281 e. The van der Waals surface area contributed by atoms with Crippen molar-refractivity contribution in [3.63, 3.8) is 0 Å². The van der Waals surface area contributed by atoms with Crippen LogP contribution in [0.1, 0.15) is 67.2 Å². The van der Waals surface area contributed by atoms with Crippen molar-refractivity contribution in [1.29, 1.82) is 0 Å². The Bertz CT molecular complexity index is 1730. The van der Waals surface area contributed by atoms with Crippen molar-refractivity contribution < 1.29 is 9.90 Å². The fourth-order valence-corrected chi connectivity index (χ4v) is 8.20. The van der Waals surface area contributed by atoms with E-state index in [9.17, 15) is 14.7 Å². The van der Waals surface area contributed by atoms with Crippen molar-refractivity contribution in [2.24, 2.45) is 5.92 Å². The van der Waals surface area contributed by atoms with Crippen LogP contribution in [-0.4, -0.2) is 55.6 Å². The molecule has 0 bridgehead atoms. The van der Waals surface area contributed by atoms with Crippen LogP contribution in [0.25, 0.3) is 21.5 Å². The van der Waals surface area contributed by atoms with Crippen LogP contribution in [0.4, 0.5) is 0 Å². The molecule has 2 fully saturated rings. The Morgan fingerprint density at radius 1 is 1.16 bits per heavy atom. The number of hydrogen-bond donors (Lipinski definition) is 2. The lowest BCUT2D eigenvalue weighted by atomic mass is 9.88. The van der Waals surface area contributed by atoms with Crippen LogP contribution in [0, 0.1) is 5.92 Å². The first-order valence-corrected chi connectivity index (χ1v) is 16.4. The van der Waals surface area contributed by atoms with Gasteiger partial charge in [-0.05, 0) is 103 Å². The molecule has 43 heavy (non-hydrogen) atoms. The van der Waals surface area contributed by atoms with Crippen molar-refractivity contribution in [2.75, 3.05) is 20.1 Å². The van der Waals surface area contributed by atoms with Crippen LogP contribution in [0.2, 0.25) is 5.02 Å². The van der Waals surface area contributed by atoms with E-state index in [2.05, 4.69) is 32.9 Å². The maximum absolute atomic E-state index is 13.5. The number of aryl methyl sites for hydroxylation is 1. The molecule has 1 amide bonds. The first kappa shape index (κ1) is 28.6. The Hall–Kier alpha value is -3.11. The Morgan fingerprint density at radius 3 is 2.65 bits per heavy atom. The third-order valence-corrected chi connectivity index (χ3v) is 10.9. The molecule has 2 atom stereocenters. The topological polar surface area (TPSA) is 100 Å². The van der Waals surface area contributed by atoms with E-state index >= 15 is 0 Å². The summed E-state index contributed by atoms with van der Waals surface area (Å²) < 4.78 is 5.96. The molecule has 4 aromatic rings. The molecule has 224 valence electrons. The molecule has 2 aliphatic carbocycles. The van der Waals surface area contributed by atoms with E-state index in [4.69, 9.17) is 11.6 Å². The third-order valence-electron chi connectivity index (χ3n) is 9.66. The Morgan fingerprint density at radius 2 is 1.93 bits per heavy atom. The van der Waals surface area contributed by atoms with Crippen LogP contribution < -0.4 is 10.9 Å². The van der Waals surface area contributed by atoms with Crippen LogP contribution in [0.5, 0.6) is 0 Å². The van der Waals surface area contributed by atoms with Crippen molar-refractivity contribution in [2.45, 2.75) is 69.1 Å². The zero-order valence-corrected chi connectivity index (χ0v) is 25.8. The quantitative estimate of drug-likeness (QED) is 0.278. The molecule has 8 nitrogen and oxygen atoms in total. The monoisotopic (exact) mass is 617 g/mol. The lowest BCUT2D eigenvalue weighted by Gasteiger charge is -2.38. The minimum absolute atomic E-state index is 0.120. The molecule has 0 radical (unpaired) electrons. The van der Waals surface area contributed by atoms with Crippen LogP contribution >= 0.6 is 23.1 Å². The fourth-order valence-electron chi connectivity index (χ4n) is 7.02. The van der Waals surface area contributed by atoms with Crippen molar-refractivity contribution in [1.82, 2.24) is 24.1 Å². The molecule has 7 rings (SSSR count). The average molecular weight is 618 g/mol. The molecule has 3 aliphatic rings. The van der Waals surface area contributed by atoms with Gasteiger partial charge in [0.2, 0.25) is 5.91 Å². The zero-order valence-electron chi connectivity index (χ0n) is 24.3. The third kappa shape index (κ3) is 5.52. The second kappa shape index (κ2) is 11.4. The minimum atomic E-state index is -1.10. The van der Waals surface area contributed by atoms with E-state index in [1.807, 2.05) is 36.2 Å². The normalized spacial score (nSPS) is 20.3. The summed E-state index contributed by atoms with van der Waals surface area (Å²) in [5.41, 5.74) is 4.02. The molecule has 2 aromatic heterocycles. The van der Waals surface area contributed by atoms with E-state index in [0.717, 1.165) is 33.9 Å². The van der Waals surface area contributed by atoms with Gasteiger partial charge in [-0.3, -0.25) is 14.2 Å². The average Bonchev–Trinajstić information content (AvgIpc) is 3.61. The molecule has 10 heteroatoms. The molecule has 2 N–H and O–H groups in total. The molecule has 2 unspecified atom stereocenters. The summed E-state index contributed by atoms with van der Waals surface area (Å²) in [6.07, 6.45) is 7.15. The number of likely N-dealkylation sites (tertiary alicyclic amines) is 1. The van der Waals surface area contributed by atoms with E-state index in [1.165, 1.54) is 46.4 Å². The van der Waals surface area contributed by atoms with Crippen LogP contribution in [0.3, 0.4) is 0 Å². The Kier molecular flexibility index (Phi) is 7.62. The number of aliphatic hydroxyl groups is 1. The van der Waals surface area contributed by atoms with Gasteiger partial charge >= 0.3 is 0 Å². The first-order valence-electron chi connectivity index (χ1n) is 15.2. The zero-order chi connectivity index (χ0) is 29.7. The highest BCUT2D eigenvalue weighted by atomic mass is 35.5. The maximum Gasteiger partial charge on any atom is 0.281 e. The van der Waals surface area contributed by atoms with E-state index in [-0.39, 0.29) is 30.0 Å². The maximum atomic E-state index is 13.5. The molecule has 0 spiro atoms. The summed E-state index contributed by atoms with van der Waals surface area (Å²) in [6.45, 7) is 1.06. The molecule has 1 saturated carbocycles. The summed E-state index contributed by atoms with van der Waals surface area (Å²) in [6, 6.07) is 14.7. The standard InChI is InChI=1S/C33H36ClN5O3S/c1-35-26-10-9-22-15-23(16-25(34)28(22)26)31-29-30(37-43-31)32(41)39(19-36-29)18-33(42)11-13-38(14-12-33)27(40)17-24(21-7-8-21)20-5-3-2-4-6-20/h2-6,15-16,19,21,24,26,35,42H,7-14,17-18H2,1H3. The lowest BCUT2D eigenvalue weighted by molar-refractivity contribution is -0.136. The molecular formula is C33H36ClN5O3S. The number of carbonyl (C=O) groups excluding carboxylic acids is 1. The largest absolute Gasteiger partial charge is 0.388 e. The number of amides is 1. The summed E-state index contributed by atoms with van der Waals surface area (Å²) >= 11 is 7.95. The van der Waals surface area contributed by atoms with E-state index in [1.54, 1.807) is 0 Å². The van der Waals surface area contributed by atoms with Gasteiger partial charge < -0.3 is 15.3 Å². The summed E-state index contributed by atoms with van der Waals surface area (Å²) in [7, 11) is 1.95. The number of nitrogens with one attached hydrogen (secondary N) is 1. The number of piperidine rings is 1. The molecule has 1 saturated heterocycles. The lowest BCUT2D eigenvalue weighted by Crippen LogP contribution is -2.49. The minimum Gasteiger partial charge on any atom is -0.388 e. The van der Waals surface area contributed by atoms with Crippen molar-refractivity contribution in [3.05, 3.63) is 80.9 Å². The van der Waals surface area contributed by atoms with Gasteiger partial charge in [0.05, 0.1) is 23.4 Å². The van der Waals surface area contributed by atoms with Gasteiger partial charge in [0.15, 0.2) is 5.52 Å². The number of halogens is 1. The second-order valence-electron chi connectivity index (χ2n) is 12.5. The molecular weight excluding hydrogens is 582 g/mol. The number of aromatic nitrogens is 3. The Balaban J connectivity index is 1.04. The first-order chi connectivity index (χ1) is 20.8. The number of benzene rings is 2. The number of fused-ring (bicyclic) bond motifs is 2. The predicted molar refractivity (Wildman–Crippen MR) is 170 cm³/mol. The van der Waals surface area contributed by atoms with Gasteiger partial charge in [-0.2, -0.15) is 4.37 Å². The predicted octanol–water partition coefficient (Wildman–Crippen LogP) is 5.32. The van der Waals surface area contributed by atoms with Gasteiger partial charge in [-0.1, -0.05) is 41.9 Å². The summed E-state index contributed by atoms with van der Waals surface area (Å²) in [5, 5.41) is 15.5. The van der Waals surface area contributed by atoms with Gasteiger partial charge in [-0.15, -0.1) is 0 Å². The number of nitrogens with zero attached hydrogens (tertiary/aromatic N) is 4.